The van der Waals surface area contributed by atoms with Crippen LogP contribution in [0.1, 0.15) is 12.0 Å². The summed E-state index contributed by atoms with van der Waals surface area (Å²) >= 11 is 0. The fourth-order valence-corrected chi connectivity index (χ4v) is 3.38. The van der Waals surface area contributed by atoms with Gasteiger partial charge in [0.1, 0.15) is 0 Å². The smallest absolute Gasteiger partial charge is 0.223 e. The first-order chi connectivity index (χ1) is 10.1. The zero-order valence-corrected chi connectivity index (χ0v) is 12.7. The molecule has 0 radical (unpaired) electrons. The highest BCUT2D eigenvalue weighted by Crippen LogP contribution is 2.04. The molecule has 7 heteroatoms. The summed E-state index contributed by atoms with van der Waals surface area (Å²) in [4.78, 5) is 13.7. The Balaban J connectivity index is 1.75. The van der Waals surface area contributed by atoms with E-state index in [1.807, 2.05) is 6.07 Å². The quantitative estimate of drug-likeness (QED) is 0.771. The van der Waals surface area contributed by atoms with Crippen LogP contribution in [-0.4, -0.2) is 51.9 Å². The zero-order valence-electron chi connectivity index (χ0n) is 11.9. The van der Waals surface area contributed by atoms with E-state index in [1.54, 1.807) is 29.2 Å². The summed E-state index contributed by atoms with van der Waals surface area (Å²) in [6, 6.07) is 8.99. The number of rotatable bonds is 6. The van der Waals surface area contributed by atoms with Gasteiger partial charge in [-0.05, 0) is 5.56 Å². The van der Waals surface area contributed by atoms with Crippen molar-refractivity contribution in [2.75, 3.05) is 32.7 Å². The van der Waals surface area contributed by atoms with Crippen molar-refractivity contribution in [3.8, 4) is 0 Å². The van der Waals surface area contributed by atoms with Gasteiger partial charge in [0.05, 0.1) is 5.75 Å². The highest BCUT2D eigenvalue weighted by atomic mass is 32.2. The lowest BCUT2D eigenvalue weighted by molar-refractivity contribution is -0.131. The third-order valence-electron chi connectivity index (χ3n) is 3.33. The Hall–Kier alpha value is -1.44. The Bertz CT molecular complexity index is 554. The maximum Gasteiger partial charge on any atom is 0.223 e. The van der Waals surface area contributed by atoms with E-state index in [4.69, 9.17) is 0 Å². The molecule has 1 saturated heterocycles. The molecule has 116 valence electrons. The predicted molar refractivity (Wildman–Crippen MR) is 81.1 cm³/mol. The van der Waals surface area contributed by atoms with E-state index < -0.39 is 10.0 Å². The van der Waals surface area contributed by atoms with Crippen molar-refractivity contribution in [2.45, 2.75) is 12.2 Å². The van der Waals surface area contributed by atoms with E-state index in [1.165, 1.54) is 0 Å². The topological polar surface area (TPSA) is 78.5 Å². The third-order valence-corrected chi connectivity index (χ3v) is 4.69. The van der Waals surface area contributed by atoms with Crippen molar-refractivity contribution in [1.29, 1.82) is 0 Å². The van der Waals surface area contributed by atoms with Crippen molar-refractivity contribution >= 4 is 15.9 Å². The van der Waals surface area contributed by atoms with Crippen molar-refractivity contribution < 1.29 is 13.2 Å². The Kier molecular flexibility index (Phi) is 5.72. The van der Waals surface area contributed by atoms with Crippen molar-refractivity contribution in [3.05, 3.63) is 35.9 Å². The summed E-state index contributed by atoms with van der Waals surface area (Å²) in [5.41, 5.74) is 0.735. The normalized spacial score (nSPS) is 15.9. The Morgan fingerprint density at radius 1 is 1.19 bits per heavy atom. The summed E-state index contributed by atoms with van der Waals surface area (Å²) in [5, 5.41) is 3.17. The molecule has 1 aliphatic rings. The summed E-state index contributed by atoms with van der Waals surface area (Å²) in [7, 11) is -3.39. The number of carbonyl (C=O) groups is 1. The van der Waals surface area contributed by atoms with Crippen molar-refractivity contribution in [2.24, 2.45) is 0 Å². The number of hydrogen-bond donors (Lipinski definition) is 2. The van der Waals surface area contributed by atoms with Gasteiger partial charge in [0, 0.05) is 39.1 Å². The number of piperazine rings is 1. The SMILES string of the molecule is O=C(CCNS(=O)(=O)Cc1ccccc1)N1CCNCC1. The lowest BCUT2D eigenvalue weighted by Gasteiger charge is -2.27. The minimum Gasteiger partial charge on any atom is -0.340 e. The summed E-state index contributed by atoms with van der Waals surface area (Å²) in [6.07, 6.45) is 0.202. The second kappa shape index (κ2) is 7.53. The van der Waals surface area contributed by atoms with Gasteiger partial charge in [-0.15, -0.1) is 0 Å². The molecule has 21 heavy (non-hydrogen) atoms. The number of hydrogen-bond acceptors (Lipinski definition) is 4. The summed E-state index contributed by atoms with van der Waals surface area (Å²) < 4.78 is 26.3. The molecule has 1 heterocycles. The van der Waals surface area contributed by atoms with Crippen LogP contribution in [0.25, 0.3) is 0 Å². The summed E-state index contributed by atoms with van der Waals surface area (Å²) in [5.74, 6) is -0.0609. The van der Waals surface area contributed by atoms with E-state index in [9.17, 15) is 13.2 Å². The monoisotopic (exact) mass is 311 g/mol. The predicted octanol–water partition coefficient (Wildman–Crippen LogP) is -0.0721. The molecule has 1 aromatic rings. The molecule has 6 nitrogen and oxygen atoms in total. The summed E-state index contributed by atoms with van der Waals surface area (Å²) in [6.45, 7) is 3.13. The zero-order chi connectivity index (χ0) is 15.1. The van der Waals surface area contributed by atoms with Gasteiger partial charge < -0.3 is 10.2 Å². The van der Waals surface area contributed by atoms with Crippen LogP contribution in [0.3, 0.4) is 0 Å². The van der Waals surface area contributed by atoms with Crippen molar-refractivity contribution in [1.82, 2.24) is 14.9 Å². The average molecular weight is 311 g/mol. The van der Waals surface area contributed by atoms with Gasteiger partial charge in [-0.2, -0.15) is 0 Å². The molecular weight excluding hydrogens is 290 g/mol. The molecule has 0 bridgehead atoms. The van der Waals surface area contributed by atoms with Crippen LogP contribution in [0, 0.1) is 0 Å². The second-order valence-electron chi connectivity index (χ2n) is 5.02. The van der Waals surface area contributed by atoms with Crippen LogP contribution < -0.4 is 10.0 Å². The van der Waals surface area contributed by atoms with Gasteiger partial charge in [0.25, 0.3) is 0 Å². The van der Waals surface area contributed by atoms with Crippen molar-refractivity contribution in [3.63, 3.8) is 0 Å². The van der Waals surface area contributed by atoms with Gasteiger partial charge in [-0.1, -0.05) is 30.3 Å². The molecule has 1 aliphatic heterocycles. The lowest BCUT2D eigenvalue weighted by Crippen LogP contribution is -2.47. The lowest BCUT2D eigenvalue weighted by atomic mass is 10.2. The van der Waals surface area contributed by atoms with E-state index in [-0.39, 0.29) is 24.6 Å². The van der Waals surface area contributed by atoms with Gasteiger partial charge in [0.2, 0.25) is 15.9 Å². The average Bonchev–Trinajstić information content (AvgIpc) is 2.48. The van der Waals surface area contributed by atoms with E-state index in [2.05, 4.69) is 10.0 Å². The van der Waals surface area contributed by atoms with Gasteiger partial charge >= 0.3 is 0 Å². The van der Waals surface area contributed by atoms with Crippen LogP contribution in [0.4, 0.5) is 0 Å². The maximum absolute atomic E-state index is 11.9. The third kappa shape index (κ3) is 5.45. The van der Waals surface area contributed by atoms with Crippen LogP contribution in [-0.2, 0) is 20.6 Å². The molecule has 0 aromatic heterocycles. The standard InChI is InChI=1S/C14H21N3O3S/c18-14(17-10-8-15-9-11-17)6-7-16-21(19,20)12-13-4-2-1-3-5-13/h1-5,15-16H,6-12H2. The first kappa shape index (κ1) is 15.9. The van der Waals surface area contributed by atoms with Gasteiger partial charge in [-0.3, -0.25) is 4.79 Å². The Labute approximate surface area is 125 Å². The number of amides is 1. The number of carbonyl (C=O) groups excluding carboxylic acids is 1. The molecule has 0 spiro atoms. The minimum atomic E-state index is -3.39. The van der Waals surface area contributed by atoms with Gasteiger partial charge in [-0.25, -0.2) is 13.1 Å². The number of benzene rings is 1. The molecule has 1 fully saturated rings. The van der Waals surface area contributed by atoms with E-state index in [0.717, 1.165) is 18.7 Å². The van der Waals surface area contributed by atoms with Crippen LogP contribution in [0.2, 0.25) is 0 Å². The molecule has 0 aliphatic carbocycles. The largest absolute Gasteiger partial charge is 0.340 e. The molecular formula is C14H21N3O3S. The first-order valence-corrected chi connectivity index (χ1v) is 8.72. The van der Waals surface area contributed by atoms with E-state index in [0.29, 0.717) is 13.1 Å². The second-order valence-corrected chi connectivity index (χ2v) is 6.83. The molecule has 0 unspecified atom stereocenters. The van der Waals surface area contributed by atoms with Crippen LogP contribution >= 0.6 is 0 Å². The Morgan fingerprint density at radius 2 is 1.86 bits per heavy atom. The number of nitrogens with one attached hydrogen (secondary N) is 2. The first-order valence-electron chi connectivity index (χ1n) is 7.06. The number of sulfonamides is 1. The van der Waals surface area contributed by atoms with Gasteiger partial charge in [0.15, 0.2) is 0 Å². The minimum absolute atomic E-state index is 0.00101. The highest BCUT2D eigenvalue weighted by Gasteiger charge is 2.17. The molecule has 0 atom stereocenters. The fraction of sp³-hybridized carbons (Fsp3) is 0.500. The molecule has 1 aromatic carbocycles. The number of nitrogens with zero attached hydrogens (tertiary/aromatic N) is 1. The molecule has 2 N–H and O–H groups in total. The Morgan fingerprint density at radius 3 is 2.52 bits per heavy atom. The molecule has 1 amide bonds. The van der Waals surface area contributed by atoms with E-state index >= 15 is 0 Å². The molecule has 2 rings (SSSR count). The molecule has 0 saturated carbocycles. The highest BCUT2D eigenvalue weighted by molar-refractivity contribution is 7.88. The van der Waals surface area contributed by atoms with Crippen LogP contribution in [0.15, 0.2) is 30.3 Å². The fourth-order valence-electron chi connectivity index (χ4n) is 2.23. The van der Waals surface area contributed by atoms with Crippen LogP contribution in [0.5, 0.6) is 0 Å². The maximum atomic E-state index is 11.9.